The van der Waals surface area contributed by atoms with Crippen molar-refractivity contribution in [2.75, 3.05) is 6.54 Å². The fourth-order valence-corrected chi connectivity index (χ4v) is 4.53. The summed E-state index contributed by atoms with van der Waals surface area (Å²) in [6.45, 7) is 4.98. The molecule has 1 saturated carbocycles. The van der Waals surface area contributed by atoms with E-state index in [0.29, 0.717) is 29.3 Å². The molecule has 0 spiro atoms. The number of fused-ring (bicyclic) bond motifs is 1. The number of likely N-dealkylation sites (tertiary alicyclic amines) is 1. The van der Waals surface area contributed by atoms with Gasteiger partial charge in [0.1, 0.15) is 0 Å². The van der Waals surface area contributed by atoms with Crippen LogP contribution in [0, 0.1) is 18.8 Å². The molecule has 4 rings (SSSR count). The Morgan fingerprint density at radius 2 is 2.04 bits per heavy atom. The molecule has 1 amide bonds. The highest BCUT2D eigenvalue weighted by atomic mass is 16.4. The van der Waals surface area contributed by atoms with Crippen molar-refractivity contribution in [2.24, 2.45) is 11.8 Å². The quantitative estimate of drug-likeness (QED) is 0.827. The second-order valence-corrected chi connectivity index (χ2v) is 7.49. The lowest BCUT2D eigenvalue weighted by Gasteiger charge is -2.47. The van der Waals surface area contributed by atoms with Gasteiger partial charge in [0.25, 0.3) is 5.91 Å². The monoisotopic (exact) mass is 339 g/mol. The minimum absolute atomic E-state index is 0.141. The maximum absolute atomic E-state index is 13.2. The Hall–Kier alpha value is -2.17. The molecule has 1 aliphatic heterocycles. The highest BCUT2D eigenvalue weighted by Crippen LogP contribution is 2.39. The van der Waals surface area contributed by atoms with Gasteiger partial charge in [-0.1, -0.05) is 25.8 Å². The molecule has 0 unspecified atom stereocenters. The summed E-state index contributed by atoms with van der Waals surface area (Å²) in [5.41, 5.74) is 1.52. The molecule has 0 radical (unpaired) electrons. The first-order chi connectivity index (χ1) is 12.1. The van der Waals surface area contributed by atoms with E-state index in [1.54, 1.807) is 6.92 Å². The average Bonchev–Trinajstić information content (AvgIpc) is 3.08. The van der Waals surface area contributed by atoms with Gasteiger partial charge in [-0.25, -0.2) is 0 Å². The van der Waals surface area contributed by atoms with Crippen LogP contribution in [0.25, 0.3) is 11.5 Å². The average molecular weight is 339 g/mol. The first-order valence-electron chi connectivity index (χ1n) is 9.35. The van der Waals surface area contributed by atoms with Crippen LogP contribution in [0.15, 0.2) is 28.7 Å². The summed E-state index contributed by atoms with van der Waals surface area (Å²) in [5, 5.41) is 7.94. The molecule has 2 heterocycles. The standard InChI is InChI=1S/C20H25N3O2/c1-13-10-11-23(18-9-4-3-8-17(13)18)20(24)16-7-5-6-15(12-16)19-22-21-14(2)25-19/h5-7,12-13,17-18H,3-4,8-11H2,1-2H3/t13-,17-,18-/m0/s1. The zero-order valence-corrected chi connectivity index (χ0v) is 14.9. The first kappa shape index (κ1) is 16.3. The van der Waals surface area contributed by atoms with Crippen LogP contribution in [0.4, 0.5) is 0 Å². The van der Waals surface area contributed by atoms with E-state index in [2.05, 4.69) is 22.0 Å². The van der Waals surface area contributed by atoms with Crippen LogP contribution < -0.4 is 0 Å². The lowest BCUT2D eigenvalue weighted by molar-refractivity contribution is 0.0218. The SMILES string of the molecule is Cc1nnc(-c2cccc(C(=O)N3CC[C@H](C)[C@@H]4CCCC[C@@H]43)c2)o1. The molecule has 0 bridgehead atoms. The van der Waals surface area contributed by atoms with Gasteiger partial charge in [-0.3, -0.25) is 4.79 Å². The molecule has 25 heavy (non-hydrogen) atoms. The predicted octanol–water partition coefficient (Wildman–Crippen LogP) is 4.09. The number of piperidine rings is 1. The zero-order valence-electron chi connectivity index (χ0n) is 14.9. The van der Waals surface area contributed by atoms with Crippen LogP contribution in [0.5, 0.6) is 0 Å². The van der Waals surface area contributed by atoms with Crippen molar-refractivity contribution in [3.8, 4) is 11.5 Å². The molecule has 1 saturated heterocycles. The van der Waals surface area contributed by atoms with Crippen LogP contribution in [-0.2, 0) is 0 Å². The summed E-state index contributed by atoms with van der Waals surface area (Å²) in [4.78, 5) is 15.3. The molecule has 1 aromatic heterocycles. The number of hydrogen-bond acceptors (Lipinski definition) is 4. The Balaban J connectivity index is 1.60. The van der Waals surface area contributed by atoms with E-state index >= 15 is 0 Å². The Labute approximate surface area is 148 Å². The summed E-state index contributed by atoms with van der Waals surface area (Å²) in [5.74, 6) is 2.52. The number of carbonyl (C=O) groups is 1. The lowest BCUT2D eigenvalue weighted by atomic mass is 9.72. The molecule has 2 aliphatic rings. The van der Waals surface area contributed by atoms with Gasteiger partial charge in [0.15, 0.2) is 0 Å². The fourth-order valence-electron chi connectivity index (χ4n) is 4.53. The molecule has 5 heteroatoms. The number of aryl methyl sites for hydroxylation is 1. The Kier molecular flexibility index (Phi) is 4.32. The maximum atomic E-state index is 13.2. The van der Waals surface area contributed by atoms with Gasteiger partial charge in [-0.15, -0.1) is 10.2 Å². The van der Waals surface area contributed by atoms with Crippen LogP contribution in [0.2, 0.25) is 0 Å². The number of aromatic nitrogens is 2. The number of nitrogens with zero attached hydrogens (tertiary/aromatic N) is 3. The molecule has 3 atom stereocenters. The van der Waals surface area contributed by atoms with E-state index in [9.17, 15) is 4.79 Å². The van der Waals surface area contributed by atoms with Crippen LogP contribution in [0.1, 0.15) is 55.3 Å². The topological polar surface area (TPSA) is 59.2 Å². The number of carbonyl (C=O) groups excluding carboxylic acids is 1. The van der Waals surface area contributed by atoms with Crippen LogP contribution >= 0.6 is 0 Å². The van der Waals surface area contributed by atoms with E-state index in [-0.39, 0.29) is 5.91 Å². The van der Waals surface area contributed by atoms with Gasteiger partial charge >= 0.3 is 0 Å². The van der Waals surface area contributed by atoms with Gasteiger partial charge in [0.05, 0.1) is 0 Å². The van der Waals surface area contributed by atoms with Crippen molar-refractivity contribution >= 4 is 5.91 Å². The number of benzene rings is 1. The smallest absolute Gasteiger partial charge is 0.254 e. The van der Waals surface area contributed by atoms with Crippen molar-refractivity contribution in [3.05, 3.63) is 35.7 Å². The Bertz CT molecular complexity index is 770. The molecule has 1 aromatic carbocycles. The predicted molar refractivity (Wildman–Crippen MR) is 95.0 cm³/mol. The van der Waals surface area contributed by atoms with Crippen LogP contribution in [-0.4, -0.2) is 33.6 Å². The van der Waals surface area contributed by atoms with Crippen molar-refractivity contribution in [1.82, 2.24) is 15.1 Å². The molecular formula is C20H25N3O2. The van der Waals surface area contributed by atoms with Crippen molar-refractivity contribution in [2.45, 2.75) is 52.0 Å². The third kappa shape index (κ3) is 3.08. The summed E-state index contributed by atoms with van der Waals surface area (Å²) in [6, 6.07) is 7.98. The van der Waals surface area contributed by atoms with Gasteiger partial charge in [0.2, 0.25) is 11.8 Å². The van der Waals surface area contributed by atoms with Crippen LogP contribution in [0.3, 0.4) is 0 Å². The molecular weight excluding hydrogens is 314 g/mol. The summed E-state index contributed by atoms with van der Waals surface area (Å²) >= 11 is 0. The number of hydrogen-bond donors (Lipinski definition) is 0. The van der Waals surface area contributed by atoms with Gasteiger partial charge < -0.3 is 9.32 Å². The summed E-state index contributed by atoms with van der Waals surface area (Å²) in [7, 11) is 0. The number of amides is 1. The number of rotatable bonds is 2. The molecule has 0 N–H and O–H groups in total. The molecule has 2 fully saturated rings. The van der Waals surface area contributed by atoms with E-state index in [0.717, 1.165) is 30.9 Å². The Morgan fingerprint density at radius 3 is 2.84 bits per heavy atom. The molecule has 132 valence electrons. The van der Waals surface area contributed by atoms with E-state index in [4.69, 9.17) is 4.42 Å². The van der Waals surface area contributed by atoms with Gasteiger partial charge in [-0.2, -0.15) is 0 Å². The largest absolute Gasteiger partial charge is 0.421 e. The summed E-state index contributed by atoms with van der Waals surface area (Å²) < 4.78 is 5.50. The summed E-state index contributed by atoms with van der Waals surface area (Å²) in [6.07, 6.45) is 6.05. The van der Waals surface area contributed by atoms with Crippen molar-refractivity contribution in [3.63, 3.8) is 0 Å². The van der Waals surface area contributed by atoms with Gasteiger partial charge in [0, 0.05) is 30.6 Å². The second-order valence-electron chi connectivity index (χ2n) is 7.49. The zero-order chi connectivity index (χ0) is 17.4. The molecule has 1 aliphatic carbocycles. The van der Waals surface area contributed by atoms with Crippen molar-refractivity contribution < 1.29 is 9.21 Å². The second kappa shape index (κ2) is 6.62. The van der Waals surface area contributed by atoms with Crippen molar-refractivity contribution in [1.29, 1.82) is 0 Å². The highest BCUT2D eigenvalue weighted by molar-refractivity contribution is 5.95. The Morgan fingerprint density at radius 1 is 1.20 bits per heavy atom. The minimum Gasteiger partial charge on any atom is -0.421 e. The maximum Gasteiger partial charge on any atom is 0.254 e. The van der Waals surface area contributed by atoms with Gasteiger partial charge in [-0.05, 0) is 49.3 Å². The van der Waals surface area contributed by atoms with E-state index in [1.807, 2.05) is 24.3 Å². The highest BCUT2D eigenvalue weighted by Gasteiger charge is 2.39. The molecule has 2 aromatic rings. The van der Waals surface area contributed by atoms with E-state index < -0.39 is 0 Å². The first-order valence-corrected chi connectivity index (χ1v) is 9.35. The third-order valence-electron chi connectivity index (χ3n) is 5.88. The van der Waals surface area contributed by atoms with E-state index in [1.165, 1.54) is 19.3 Å². The minimum atomic E-state index is 0.141. The lowest BCUT2D eigenvalue weighted by Crippen LogP contribution is -2.52. The third-order valence-corrected chi connectivity index (χ3v) is 5.88. The molecule has 5 nitrogen and oxygen atoms in total. The normalized spacial score (nSPS) is 26.3. The fraction of sp³-hybridized carbons (Fsp3) is 0.550.